The molecule has 2 N–H and O–H groups in total. The molecule has 1 aromatic carbocycles. The molecular formula is C12H16N2O2S. The SMILES string of the molecule is C#CC(CC)Nc1ccccc1S(=O)(=O)NC. The first-order valence-corrected chi connectivity index (χ1v) is 6.78. The molecule has 17 heavy (non-hydrogen) atoms. The Labute approximate surface area is 102 Å². The Kier molecular flexibility index (Phi) is 4.55. The molecule has 92 valence electrons. The molecular weight excluding hydrogens is 236 g/mol. The molecule has 0 saturated carbocycles. The molecule has 0 heterocycles. The van der Waals surface area contributed by atoms with Crippen molar-refractivity contribution < 1.29 is 8.42 Å². The van der Waals surface area contributed by atoms with E-state index in [4.69, 9.17) is 6.42 Å². The lowest BCUT2D eigenvalue weighted by Gasteiger charge is -2.15. The minimum Gasteiger partial charge on any atom is -0.370 e. The van der Waals surface area contributed by atoms with Gasteiger partial charge in [0, 0.05) is 0 Å². The zero-order chi connectivity index (χ0) is 12.9. The van der Waals surface area contributed by atoms with Gasteiger partial charge >= 0.3 is 0 Å². The third-order valence-corrected chi connectivity index (χ3v) is 3.86. The molecule has 0 saturated heterocycles. The molecule has 0 amide bonds. The van der Waals surface area contributed by atoms with Crippen molar-refractivity contribution in [3.05, 3.63) is 24.3 Å². The van der Waals surface area contributed by atoms with Crippen LogP contribution in [0.15, 0.2) is 29.2 Å². The van der Waals surface area contributed by atoms with Crippen molar-refractivity contribution in [3.63, 3.8) is 0 Å². The van der Waals surface area contributed by atoms with E-state index in [2.05, 4.69) is 16.0 Å². The normalized spacial score (nSPS) is 12.8. The van der Waals surface area contributed by atoms with Gasteiger partial charge in [0.1, 0.15) is 4.90 Å². The van der Waals surface area contributed by atoms with Crippen LogP contribution in [0.3, 0.4) is 0 Å². The van der Waals surface area contributed by atoms with Crippen LogP contribution in [0, 0.1) is 12.3 Å². The van der Waals surface area contributed by atoms with Gasteiger partial charge in [-0.2, -0.15) is 0 Å². The van der Waals surface area contributed by atoms with Crippen LogP contribution in [0.2, 0.25) is 0 Å². The summed E-state index contributed by atoms with van der Waals surface area (Å²) >= 11 is 0. The van der Waals surface area contributed by atoms with E-state index in [0.717, 1.165) is 6.42 Å². The van der Waals surface area contributed by atoms with Crippen LogP contribution in [0.1, 0.15) is 13.3 Å². The highest BCUT2D eigenvalue weighted by Crippen LogP contribution is 2.21. The molecule has 5 heteroatoms. The van der Waals surface area contributed by atoms with Gasteiger partial charge in [0.25, 0.3) is 0 Å². The fourth-order valence-electron chi connectivity index (χ4n) is 1.38. The summed E-state index contributed by atoms with van der Waals surface area (Å²) < 4.78 is 25.8. The van der Waals surface area contributed by atoms with Crippen LogP contribution in [0.4, 0.5) is 5.69 Å². The minimum absolute atomic E-state index is 0.178. The standard InChI is InChI=1S/C12H16N2O2S/c1-4-10(5-2)14-11-8-6-7-9-12(11)17(15,16)13-3/h1,6-10,13-14H,5H2,2-3H3. The van der Waals surface area contributed by atoms with Crippen molar-refractivity contribution in [2.75, 3.05) is 12.4 Å². The van der Waals surface area contributed by atoms with E-state index < -0.39 is 10.0 Å². The first-order valence-electron chi connectivity index (χ1n) is 5.30. The minimum atomic E-state index is -3.47. The van der Waals surface area contributed by atoms with Gasteiger partial charge in [0.15, 0.2) is 0 Å². The second-order valence-corrected chi connectivity index (χ2v) is 5.33. The summed E-state index contributed by atoms with van der Waals surface area (Å²) in [6.45, 7) is 1.94. The highest BCUT2D eigenvalue weighted by Gasteiger charge is 2.16. The third kappa shape index (κ3) is 3.22. The van der Waals surface area contributed by atoms with Gasteiger partial charge < -0.3 is 5.32 Å². The molecule has 1 unspecified atom stereocenters. The molecule has 1 aromatic rings. The molecule has 0 aliphatic heterocycles. The first kappa shape index (κ1) is 13.6. The molecule has 1 atom stereocenters. The summed E-state index contributed by atoms with van der Waals surface area (Å²) in [7, 11) is -2.09. The lowest BCUT2D eigenvalue weighted by molar-refractivity contribution is 0.588. The summed E-state index contributed by atoms with van der Waals surface area (Å²) in [5.74, 6) is 2.57. The fraction of sp³-hybridized carbons (Fsp3) is 0.333. The number of hydrogen-bond donors (Lipinski definition) is 2. The number of sulfonamides is 1. The van der Waals surface area contributed by atoms with E-state index in [1.807, 2.05) is 6.92 Å². The number of terminal acetylenes is 1. The Hall–Kier alpha value is -1.51. The molecule has 0 radical (unpaired) electrons. The van der Waals surface area contributed by atoms with Gasteiger partial charge in [-0.25, -0.2) is 13.1 Å². The maximum atomic E-state index is 11.8. The molecule has 0 aliphatic rings. The lowest BCUT2D eigenvalue weighted by Crippen LogP contribution is -2.22. The topological polar surface area (TPSA) is 58.2 Å². The lowest BCUT2D eigenvalue weighted by atomic mass is 10.2. The van der Waals surface area contributed by atoms with E-state index in [1.165, 1.54) is 13.1 Å². The average Bonchev–Trinajstić information content (AvgIpc) is 2.36. The predicted octanol–water partition coefficient (Wildman–Crippen LogP) is 1.42. The molecule has 4 nitrogen and oxygen atoms in total. The quantitative estimate of drug-likeness (QED) is 0.779. The summed E-state index contributed by atoms with van der Waals surface area (Å²) in [6, 6.07) is 6.50. The number of para-hydroxylation sites is 1. The highest BCUT2D eigenvalue weighted by atomic mass is 32.2. The monoisotopic (exact) mass is 252 g/mol. The van der Waals surface area contributed by atoms with E-state index in [1.54, 1.807) is 18.2 Å². The third-order valence-electron chi connectivity index (χ3n) is 2.38. The Morgan fingerprint density at radius 3 is 2.59 bits per heavy atom. The van der Waals surface area contributed by atoms with Crippen LogP contribution in [-0.4, -0.2) is 21.5 Å². The van der Waals surface area contributed by atoms with Crippen molar-refractivity contribution in [1.29, 1.82) is 0 Å². The van der Waals surface area contributed by atoms with Crippen molar-refractivity contribution in [2.45, 2.75) is 24.3 Å². The molecule has 0 spiro atoms. The Balaban J connectivity index is 3.14. The summed E-state index contributed by atoms with van der Waals surface area (Å²) in [6.07, 6.45) is 6.07. The Morgan fingerprint density at radius 1 is 1.41 bits per heavy atom. The van der Waals surface area contributed by atoms with Crippen molar-refractivity contribution in [3.8, 4) is 12.3 Å². The zero-order valence-corrected chi connectivity index (χ0v) is 10.7. The maximum Gasteiger partial charge on any atom is 0.242 e. The summed E-state index contributed by atoms with van der Waals surface area (Å²) in [4.78, 5) is 0.205. The fourth-order valence-corrected chi connectivity index (χ4v) is 2.27. The average molecular weight is 252 g/mol. The summed E-state index contributed by atoms with van der Waals surface area (Å²) in [5.41, 5.74) is 0.520. The number of benzene rings is 1. The van der Waals surface area contributed by atoms with Gasteiger partial charge in [-0.05, 0) is 25.6 Å². The van der Waals surface area contributed by atoms with E-state index >= 15 is 0 Å². The smallest absolute Gasteiger partial charge is 0.242 e. The molecule has 0 aliphatic carbocycles. The van der Waals surface area contributed by atoms with Crippen LogP contribution in [0.25, 0.3) is 0 Å². The van der Waals surface area contributed by atoms with Gasteiger partial charge in [-0.15, -0.1) is 6.42 Å². The predicted molar refractivity (Wildman–Crippen MR) is 69.2 cm³/mol. The van der Waals surface area contributed by atoms with Crippen molar-refractivity contribution in [2.24, 2.45) is 0 Å². The van der Waals surface area contributed by atoms with E-state index in [0.29, 0.717) is 5.69 Å². The van der Waals surface area contributed by atoms with Gasteiger partial charge in [0.05, 0.1) is 11.7 Å². The van der Waals surface area contributed by atoms with Gasteiger partial charge in [-0.1, -0.05) is 25.0 Å². The Bertz CT molecular complexity index is 518. The Morgan fingerprint density at radius 2 is 2.06 bits per heavy atom. The molecule has 0 fully saturated rings. The summed E-state index contributed by atoms with van der Waals surface area (Å²) in [5, 5.41) is 3.03. The number of nitrogens with one attached hydrogen (secondary N) is 2. The second kappa shape index (κ2) is 5.71. The largest absolute Gasteiger partial charge is 0.370 e. The molecule has 0 bridgehead atoms. The van der Waals surface area contributed by atoms with Gasteiger partial charge in [0.2, 0.25) is 10.0 Å². The highest BCUT2D eigenvalue weighted by molar-refractivity contribution is 7.89. The van der Waals surface area contributed by atoms with Crippen molar-refractivity contribution in [1.82, 2.24) is 4.72 Å². The molecule has 0 aromatic heterocycles. The van der Waals surface area contributed by atoms with Gasteiger partial charge in [-0.3, -0.25) is 0 Å². The maximum absolute atomic E-state index is 11.8. The first-order chi connectivity index (χ1) is 8.05. The van der Waals surface area contributed by atoms with E-state index in [9.17, 15) is 8.42 Å². The van der Waals surface area contributed by atoms with E-state index in [-0.39, 0.29) is 10.9 Å². The zero-order valence-electron chi connectivity index (χ0n) is 9.90. The number of rotatable bonds is 5. The van der Waals surface area contributed by atoms with Crippen molar-refractivity contribution >= 4 is 15.7 Å². The van der Waals surface area contributed by atoms with Crippen LogP contribution in [0.5, 0.6) is 0 Å². The second-order valence-electron chi connectivity index (χ2n) is 3.48. The van der Waals surface area contributed by atoms with Crippen LogP contribution in [-0.2, 0) is 10.0 Å². The van der Waals surface area contributed by atoms with Crippen LogP contribution >= 0.6 is 0 Å². The number of anilines is 1. The number of hydrogen-bond acceptors (Lipinski definition) is 3. The van der Waals surface area contributed by atoms with Crippen LogP contribution < -0.4 is 10.0 Å². The molecule has 1 rings (SSSR count).